The number of nitrogens with zero attached hydrogens (tertiary/aromatic N) is 3. The van der Waals surface area contributed by atoms with Crippen LogP contribution in [0.3, 0.4) is 0 Å². The Bertz CT molecular complexity index is 980. The van der Waals surface area contributed by atoms with E-state index in [0.717, 1.165) is 0 Å². The molecule has 0 unspecified atom stereocenters. The molecular weight excluding hydrogens is 380 g/mol. The van der Waals surface area contributed by atoms with Gasteiger partial charge in [-0.25, -0.2) is 9.50 Å². The Morgan fingerprint density at radius 3 is 2.26 bits per heavy atom. The second-order valence-electron chi connectivity index (χ2n) is 5.26. The molecule has 12 heteroatoms. The lowest BCUT2D eigenvalue weighted by atomic mass is 10.2. The van der Waals surface area contributed by atoms with E-state index in [9.17, 15) is 31.1 Å². The number of halogens is 6. The minimum Gasteiger partial charge on any atom is -0.298 e. The Kier molecular flexibility index (Phi) is 4.41. The third-order valence-electron chi connectivity index (χ3n) is 3.39. The van der Waals surface area contributed by atoms with Crippen LogP contribution in [0.25, 0.3) is 5.65 Å². The third kappa shape index (κ3) is 3.78. The smallest absolute Gasteiger partial charge is 0.298 e. The van der Waals surface area contributed by atoms with Crippen LogP contribution in [-0.4, -0.2) is 20.5 Å². The molecule has 0 bridgehead atoms. The first kappa shape index (κ1) is 18.5. The Labute approximate surface area is 146 Å². The Hall–Kier alpha value is -3.31. The second-order valence-corrected chi connectivity index (χ2v) is 5.26. The molecule has 142 valence electrons. The normalized spacial score (nSPS) is 12.2. The van der Waals surface area contributed by atoms with E-state index in [-0.39, 0.29) is 10.6 Å². The molecule has 0 aliphatic carbocycles. The Morgan fingerprint density at radius 2 is 1.67 bits per heavy atom. The van der Waals surface area contributed by atoms with Crippen LogP contribution in [-0.2, 0) is 12.4 Å². The Morgan fingerprint density at radius 1 is 1.00 bits per heavy atom. The number of aromatic nitrogens is 3. The average Bonchev–Trinajstić information content (AvgIpc) is 3.02. The van der Waals surface area contributed by atoms with Crippen molar-refractivity contribution in [2.45, 2.75) is 12.4 Å². The summed E-state index contributed by atoms with van der Waals surface area (Å²) < 4.78 is 78.2. The molecule has 0 atom stereocenters. The summed E-state index contributed by atoms with van der Waals surface area (Å²) in [5.74, 6) is -1.01. The predicted molar refractivity (Wildman–Crippen MR) is 80.5 cm³/mol. The summed E-state index contributed by atoms with van der Waals surface area (Å²) in [6.07, 6.45) is -9.56. The van der Waals surface area contributed by atoms with Gasteiger partial charge in [-0.2, -0.15) is 31.4 Å². The molecule has 2 N–H and O–H groups in total. The first-order chi connectivity index (χ1) is 12.6. The van der Waals surface area contributed by atoms with Crippen LogP contribution in [0, 0.1) is 0 Å². The van der Waals surface area contributed by atoms with Crippen molar-refractivity contribution in [1.82, 2.24) is 20.0 Å². The van der Waals surface area contributed by atoms with E-state index in [2.05, 4.69) is 20.9 Å². The first-order valence-corrected chi connectivity index (χ1v) is 7.22. The summed E-state index contributed by atoms with van der Waals surface area (Å²) in [7, 11) is 0. The van der Waals surface area contributed by atoms with Crippen molar-refractivity contribution in [3.05, 3.63) is 59.5 Å². The number of para-hydroxylation sites is 1. The minimum absolute atomic E-state index is 0.146. The van der Waals surface area contributed by atoms with Crippen molar-refractivity contribution in [2.24, 2.45) is 0 Å². The van der Waals surface area contributed by atoms with Gasteiger partial charge in [0.15, 0.2) is 11.3 Å². The highest BCUT2D eigenvalue weighted by molar-refractivity contribution is 6.00. The summed E-state index contributed by atoms with van der Waals surface area (Å²) >= 11 is 0. The monoisotopic (exact) mass is 389 g/mol. The SMILES string of the molecule is O=C(NNc1ccccc1)c1cnn2c(C(F)(F)F)cc(C(F)(F)F)nc12. The van der Waals surface area contributed by atoms with Crippen molar-refractivity contribution < 1.29 is 31.1 Å². The van der Waals surface area contributed by atoms with Gasteiger partial charge in [-0.3, -0.25) is 15.6 Å². The number of hydrogen-bond donors (Lipinski definition) is 2. The molecule has 0 aliphatic heterocycles. The van der Waals surface area contributed by atoms with Crippen LogP contribution in [0.1, 0.15) is 21.7 Å². The van der Waals surface area contributed by atoms with Crippen molar-refractivity contribution >= 4 is 17.2 Å². The molecule has 0 fully saturated rings. The lowest BCUT2D eigenvalue weighted by molar-refractivity contribution is -0.148. The van der Waals surface area contributed by atoms with Gasteiger partial charge in [-0.05, 0) is 18.2 Å². The van der Waals surface area contributed by atoms with Gasteiger partial charge in [0.05, 0.1) is 11.9 Å². The van der Waals surface area contributed by atoms with Gasteiger partial charge in [-0.15, -0.1) is 0 Å². The summed E-state index contributed by atoms with van der Waals surface area (Å²) in [4.78, 5) is 15.3. The number of alkyl halides is 6. The highest BCUT2D eigenvalue weighted by Crippen LogP contribution is 2.35. The van der Waals surface area contributed by atoms with E-state index in [1.807, 2.05) is 0 Å². The maximum absolute atomic E-state index is 13.1. The topological polar surface area (TPSA) is 71.3 Å². The van der Waals surface area contributed by atoms with E-state index in [0.29, 0.717) is 11.9 Å². The van der Waals surface area contributed by atoms with Crippen LogP contribution in [0.5, 0.6) is 0 Å². The number of amides is 1. The minimum atomic E-state index is -5.14. The van der Waals surface area contributed by atoms with E-state index >= 15 is 0 Å². The van der Waals surface area contributed by atoms with Crippen LogP contribution in [0.15, 0.2) is 42.6 Å². The number of hydrogen-bond acceptors (Lipinski definition) is 4. The largest absolute Gasteiger partial charge is 0.433 e. The van der Waals surface area contributed by atoms with Crippen molar-refractivity contribution in [3.8, 4) is 0 Å². The number of benzene rings is 1. The molecule has 0 saturated carbocycles. The molecule has 1 amide bonds. The molecule has 3 rings (SSSR count). The molecule has 2 aromatic heterocycles. The first-order valence-electron chi connectivity index (χ1n) is 7.22. The fourth-order valence-corrected chi connectivity index (χ4v) is 2.19. The van der Waals surface area contributed by atoms with Crippen LogP contribution in [0.2, 0.25) is 0 Å². The number of rotatable bonds is 3. The van der Waals surface area contributed by atoms with Crippen molar-refractivity contribution in [3.63, 3.8) is 0 Å². The molecule has 3 aromatic rings. The maximum Gasteiger partial charge on any atom is 0.433 e. The standard InChI is InChI=1S/C15H9F6N5O/c16-14(17,18)10-6-11(15(19,20)21)26-12(23-10)9(7-22-26)13(27)25-24-8-4-2-1-3-5-8/h1-7,24H,(H,25,27). The summed E-state index contributed by atoms with van der Waals surface area (Å²) in [5.41, 5.74) is 0.175. The molecule has 0 aliphatic rings. The van der Waals surface area contributed by atoms with Gasteiger partial charge in [-0.1, -0.05) is 18.2 Å². The second kappa shape index (κ2) is 6.45. The molecule has 1 aromatic carbocycles. The van der Waals surface area contributed by atoms with Crippen LogP contribution in [0.4, 0.5) is 32.0 Å². The predicted octanol–water partition coefficient (Wildman–Crippen LogP) is 3.52. The average molecular weight is 389 g/mol. The zero-order valence-electron chi connectivity index (χ0n) is 13.1. The van der Waals surface area contributed by atoms with Crippen molar-refractivity contribution in [2.75, 3.05) is 5.43 Å². The Balaban J connectivity index is 2.02. The number of anilines is 1. The van der Waals surface area contributed by atoms with Gasteiger partial charge in [0.25, 0.3) is 5.91 Å². The fourth-order valence-electron chi connectivity index (χ4n) is 2.19. The van der Waals surface area contributed by atoms with Gasteiger partial charge < -0.3 is 0 Å². The summed E-state index contributed by atoms with van der Waals surface area (Å²) in [6.45, 7) is 0. The quantitative estimate of drug-likeness (QED) is 0.531. The zero-order valence-corrected chi connectivity index (χ0v) is 13.1. The highest BCUT2D eigenvalue weighted by Gasteiger charge is 2.41. The van der Waals surface area contributed by atoms with Crippen molar-refractivity contribution in [1.29, 1.82) is 0 Å². The molecule has 0 saturated heterocycles. The molecule has 2 heterocycles. The number of nitrogens with one attached hydrogen (secondary N) is 2. The molecule has 6 nitrogen and oxygen atoms in total. The molecular formula is C15H9F6N5O. The zero-order chi connectivity index (χ0) is 19.8. The van der Waals surface area contributed by atoms with E-state index in [1.54, 1.807) is 30.3 Å². The van der Waals surface area contributed by atoms with Gasteiger partial charge >= 0.3 is 12.4 Å². The lowest BCUT2D eigenvalue weighted by Crippen LogP contribution is -2.29. The summed E-state index contributed by atoms with van der Waals surface area (Å²) in [5, 5.41) is 3.36. The summed E-state index contributed by atoms with van der Waals surface area (Å²) in [6, 6.07) is 8.01. The number of fused-ring (bicyclic) bond motifs is 1. The molecule has 0 radical (unpaired) electrons. The van der Waals surface area contributed by atoms with Gasteiger partial charge in [0.1, 0.15) is 11.3 Å². The number of carbonyl (C=O) groups is 1. The van der Waals surface area contributed by atoms with E-state index in [1.165, 1.54) is 0 Å². The lowest BCUT2D eigenvalue weighted by Gasteiger charge is -2.13. The molecule has 0 spiro atoms. The molecule has 27 heavy (non-hydrogen) atoms. The highest BCUT2D eigenvalue weighted by atomic mass is 19.4. The number of hydrazine groups is 1. The van der Waals surface area contributed by atoms with Gasteiger partial charge in [0, 0.05) is 0 Å². The number of carbonyl (C=O) groups excluding carboxylic acids is 1. The van der Waals surface area contributed by atoms with Crippen LogP contribution >= 0.6 is 0 Å². The fraction of sp³-hybridized carbons (Fsp3) is 0.133. The third-order valence-corrected chi connectivity index (χ3v) is 3.39. The van der Waals surface area contributed by atoms with Crippen LogP contribution < -0.4 is 10.9 Å². The maximum atomic E-state index is 13.1. The van der Waals surface area contributed by atoms with E-state index < -0.39 is 40.9 Å². The van der Waals surface area contributed by atoms with E-state index in [4.69, 9.17) is 0 Å². The van der Waals surface area contributed by atoms with Gasteiger partial charge in [0.2, 0.25) is 0 Å².